The molecule has 0 aliphatic carbocycles. The zero-order valence-electron chi connectivity index (χ0n) is 12.4. The maximum atomic E-state index is 11.4. The van der Waals surface area contributed by atoms with Crippen LogP contribution < -0.4 is 4.74 Å². The molecule has 0 aromatic heterocycles. The molecule has 1 N–H and O–H groups in total. The van der Waals surface area contributed by atoms with Gasteiger partial charge in [0.15, 0.2) is 0 Å². The minimum absolute atomic E-state index is 0.298. The largest absolute Gasteiger partial charge is 0.494 e. The van der Waals surface area contributed by atoms with Gasteiger partial charge < -0.3 is 9.84 Å². The Balaban J connectivity index is 2.43. The van der Waals surface area contributed by atoms with E-state index in [4.69, 9.17) is 4.74 Å². The Hall–Kier alpha value is -2.29. The lowest BCUT2D eigenvalue weighted by atomic mass is 9.96. The van der Waals surface area contributed by atoms with Gasteiger partial charge in [-0.2, -0.15) is 0 Å². The van der Waals surface area contributed by atoms with Crippen LogP contribution in [0.4, 0.5) is 0 Å². The maximum absolute atomic E-state index is 11.4. The van der Waals surface area contributed by atoms with Gasteiger partial charge >= 0.3 is 5.97 Å². The summed E-state index contributed by atoms with van der Waals surface area (Å²) in [5, 5.41) is 9.38. The van der Waals surface area contributed by atoms with E-state index in [1.165, 1.54) is 0 Å². The summed E-state index contributed by atoms with van der Waals surface area (Å²) in [5.74, 6) is -0.208. The molecule has 0 amide bonds. The third-order valence-corrected chi connectivity index (χ3v) is 3.42. The van der Waals surface area contributed by atoms with Gasteiger partial charge in [0.05, 0.1) is 12.2 Å². The second-order valence-corrected chi connectivity index (χ2v) is 5.03. The molecule has 21 heavy (non-hydrogen) atoms. The van der Waals surface area contributed by atoms with Gasteiger partial charge in [0, 0.05) is 5.56 Å². The van der Waals surface area contributed by atoms with Gasteiger partial charge in [0.25, 0.3) is 0 Å². The molecule has 0 saturated carbocycles. The first-order chi connectivity index (χ1) is 10.1. The number of aryl methyl sites for hydroxylation is 1. The summed E-state index contributed by atoms with van der Waals surface area (Å²) in [6, 6.07) is 12.9. The van der Waals surface area contributed by atoms with Gasteiger partial charge in [-0.3, -0.25) is 0 Å². The molecule has 2 rings (SSSR count). The molecule has 3 heteroatoms. The third-order valence-electron chi connectivity index (χ3n) is 3.42. The van der Waals surface area contributed by atoms with E-state index >= 15 is 0 Å². The molecule has 110 valence electrons. The summed E-state index contributed by atoms with van der Waals surface area (Å²) < 4.78 is 5.69. The molecule has 0 saturated heterocycles. The van der Waals surface area contributed by atoms with Gasteiger partial charge in [-0.25, -0.2) is 4.79 Å². The molecule has 0 aliphatic rings. The SMILES string of the molecule is CCCCOc1ccc(C(=O)O)c(-c2ccccc2C)c1. The second kappa shape index (κ2) is 6.93. The molecule has 0 unspecified atom stereocenters. The summed E-state index contributed by atoms with van der Waals surface area (Å²) in [7, 11) is 0. The van der Waals surface area contributed by atoms with Crippen molar-refractivity contribution in [1.29, 1.82) is 0 Å². The summed E-state index contributed by atoms with van der Waals surface area (Å²) in [5.41, 5.74) is 2.98. The first-order valence-corrected chi connectivity index (χ1v) is 7.19. The van der Waals surface area contributed by atoms with Crippen molar-refractivity contribution in [2.45, 2.75) is 26.7 Å². The van der Waals surface area contributed by atoms with Crippen LogP contribution in [0, 0.1) is 6.92 Å². The molecular weight excluding hydrogens is 264 g/mol. The summed E-state index contributed by atoms with van der Waals surface area (Å²) in [6.45, 7) is 4.73. The topological polar surface area (TPSA) is 46.5 Å². The maximum Gasteiger partial charge on any atom is 0.336 e. The average Bonchev–Trinajstić information content (AvgIpc) is 2.48. The molecular formula is C18H20O3. The molecule has 3 nitrogen and oxygen atoms in total. The van der Waals surface area contributed by atoms with Crippen LogP contribution in [0.2, 0.25) is 0 Å². The number of hydrogen-bond acceptors (Lipinski definition) is 2. The smallest absolute Gasteiger partial charge is 0.336 e. The highest BCUT2D eigenvalue weighted by molar-refractivity contribution is 5.96. The van der Waals surface area contributed by atoms with Crippen LogP contribution in [-0.2, 0) is 0 Å². The summed E-state index contributed by atoms with van der Waals surface area (Å²) >= 11 is 0. The third kappa shape index (κ3) is 3.63. The van der Waals surface area contributed by atoms with Crippen molar-refractivity contribution >= 4 is 5.97 Å². The highest BCUT2D eigenvalue weighted by Gasteiger charge is 2.14. The van der Waals surface area contributed by atoms with Crippen molar-refractivity contribution in [3.8, 4) is 16.9 Å². The fraction of sp³-hybridized carbons (Fsp3) is 0.278. The number of carboxylic acids is 1. The van der Waals surface area contributed by atoms with E-state index in [9.17, 15) is 9.90 Å². The molecule has 2 aromatic carbocycles. The zero-order valence-corrected chi connectivity index (χ0v) is 12.4. The van der Waals surface area contributed by atoms with E-state index in [1.54, 1.807) is 12.1 Å². The predicted molar refractivity (Wildman–Crippen MR) is 84.0 cm³/mol. The number of benzene rings is 2. The van der Waals surface area contributed by atoms with Gasteiger partial charge in [-0.15, -0.1) is 0 Å². The Kier molecular flexibility index (Phi) is 4.99. The lowest BCUT2D eigenvalue weighted by Gasteiger charge is -2.12. The number of aromatic carboxylic acids is 1. The highest BCUT2D eigenvalue weighted by atomic mass is 16.5. The van der Waals surface area contributed by atoms with Crippen LogP contribution in [0.3, 0.4) is 0 Å². The number of rotatable bonds is 6. The molecule has 2 aromatic rings. The quantitative estimate of drug-likeness (QED) is 0.792. The first kappa shape index (κ1) is 15.1. The van der Waals surface area contributed by atoms with Crippen LogP contribution in [0.1, 0.15) is 35.7 Å². The monoisotopic (exact) mass is 284 g/mol. The number of carbonyl (C=O) groups is 1. The van der Waals surface area contributed by atoms with Crippen LogP contribution >= 0.6 is 0 Å². The summed E-state index contributed by atoms with van der Waals surface area (Å²) in [6.07, 6.45) is 2.05. The molecule has 0 fully saturated rings. The van der Waals surface area contributed by atoms with Gasteiger partial charge in [-0.1, -0.05) is 37.6 Å². The van der Waals surface area contributed by atoms with Crippen molar-refractivity contribution in [2.75, 3.05) is 6.61 Å². The molecule has 0 aliphatic heterocycles. The molecule has 0 spiro atoms. The Morgan fingerprint density at radius 2 is 1.90 bits per heavy atom. The van der Waals surface area contributed by atoms with Crippen LogP contribution in [0.15, 0.2) is 42.5 Å². The first-order valence-electron chi connectivity index (χ1n) is 7.19. The fourth-order valence-electron chi connectivity index (χ4n) is 2.23. The van der Waals surface area contributed by atoms with Crippen LogP contribution in [0.5, 0.6) is 5.75 Å². The van der Waals surface area contributed by atoms with Gasteiger partial charge in [0.2, 0.25) is 0 Å². The van der Waals surface area contributed by atoms with E-state index in [1.807, 2.05) is 37.3 Å². The fourth-order valence-corrected chi connectivity index (χ4v) is 2.23. The lowest BCUT2D eigenvalue weighted by Crippen LogP contribution is -2.02. The van der Waals surface area contributed by atoms with E-state index in [-0.39, 0.29) is 0 Å². The van der Waals surface area contributed by atoms with Crippen molar-refractivity contribution < 1.29 is 14.6 Å². The zero-order chi connectivity index (χ0) is 15.2. The minimum Gasteiger partial charge on any atom is -0.494 e. The highest BCUT2D eigenvalue weighted by Crippen LogP contribution is 2.30. The van der Waals surface area contributed by atoms with E-state index < -0.39 is 5.97 Å². The minimum atomic E-state index is -0.923. The Morgan fingerprint density at radius 3 is 2.57 bits per heavy atom. The van der Waals surface area contributed by atoms with Crippen LogP contribution in [0.25, 0.3) is 11.1 Å². The van der Waals surface area contributed by atoms with Crippen molar-refractivity contribution in [2.24, 2.45) is 0 Å². The molecule has 0 bridgehead atoms. The van der Waals surface area contributed by atoms with E-state index in [2.05, 4.69) is 6.92 Å². The predicted octanol–water partition coefficient (Wildman–Crippen LogP) is 4.54. The average molecular weight is 284 g/mol. The molecule has 0 radical (unpaired) electrons. The van der Waals surface area contributed by atoms with Gasteiger partial charge in [0.1, 0.15) is 5.75 Å². The normalized spacial score (nSPS) is 10.4. The van der Waals surface area contributed by atoms with Gasteiger partial charge in [-0.05, 0) is 42.7 Å². The van der Waals surface area contributed by atoms with Crippen molar-refractivity contribution in [1.82, 2.24) is 0 Å². The number of unbranched alkanes of at least 4 members (excludes halogenated alkanes) is 1. The summed E-state index contributed by atoms with van der Waals surface area (Å²) in [4.78, 5) is 11.4. The molecule has 0 atom stereocenters. The molecule has 0 heterocycles. The Bertz CT molecular complexity index is 632. The second-order valence-electron chi connectivity index (χ2n) is 5.03. The Morgan fingerprint density at radius 1 is 1.14 bits per heavy atom. The lowest BCUT2D eigenvalue weighted by molar-refractivity contribution is 0.0697. The van der Waals surface area contributed by atoms with Crippen molar-refractivity contribution in [3.05, 3.63) is 53.6 Å². The standard InChI is InChI=1S/C18H20O3/c1-3-4-11-21-14-9-10-16(18(19)20)17(12-14)15-8-6-5-7-13(15)2/h5-10,12H,3-4,11H2,1-2H3,(H,19,20). The number of hydrogen-bond donors (Lipinski definition) is 1. The number of ether oxygens (including phenoxy) is 1. The van der Waals surface area contributed by atoms with Crippen LogP contribution in [-0.4, -0.2) is 17.7 Å². The Labute approximate surface area is 125 Å². The van der Waals surface area contributed by atoms with E-state index in [0.717, 1.165) is 24.0 Å². The van der Waals surface area contributed by atoms with E-state index in [0.29, 0.717) is 23.5 Å². The number of carboxylic acid groups (broad SMARTS) is 1. The van der Waals surface area contributed by atoms with Crippen molar-refractivity contribution in [3.63, 3.8) is 0 Å².